The summed E-state index contributed by atoms with van der Waals surface area (Å²) in [6.07, 6.45) is 4.55. The number of hydrogen-bond acceptors (Lipinski definition) is 3. The average Bonchev–Trinajstić information content (AvgIpc) is 2.78. The number of carbonyl (C=O) groups is 1. The van der Waals surface area contributed by atoms with Crippen molar-refractivity contribution in [1.82, 2.24) is 0 Å². The third-order valence-electron chi connectivity index (χ3n) is 5.06. The molecule has 3 rings (SSSR count). The lowest BCUT2D eigenvalue weighted by molar-refractivity contribution is -0.112. The Kier molecular flexibility index (Phi) is 6.53. The van der Waals surface area contributed by atoms with E-state index in [-0.39, 0.29) is 4.90 Å². The molecule has 0 saturated heterocycles. The summed E-state index contributed by atoms with van der Waals surface area (Å²) in [6, 6.07) is 25.1. The number of benzene rings is 3. The highest BCUT2D eigenvalue weighted by Crippen LogP contribution is 2.28. The van der Waals surface area contributed by atoms with E-state index >= 15 is 0 Å². The first-order chi connectivity index (χ1) is 14.4. The van der Waals surface area contributed by atoms with Gasteiger partial charge >= 0.3 is 0 Å². The fourth-order valence-electron chi connectivity index (χ4n) is 3.15. The Hall–Kier alpha value is -3.18. The van der Waals surface area contributed by atoms with Crippen LogP contribution in [0.15, 0.2) is 102 Å². The molecule has 0 saturated carbocycles. The van der Waals surface area contributed by atoms with Gasteiger partial charge in [-0.25, -0.2) is 12.7 Å². The van der Waals surface area contributed by atoms with E-state index in [1.807, 2.05) is 50.2 Å². The molecule has 4 nitrogen and oxygen atoms in total. The van der Waals surface area contributed by atoms with E-state index in [2.05, 4.69) is 0 Å². The van der Waals surface area contributed by atoms with Gasteiger partial charge in [0.15, 0.2) is 0 Å². The molecular formula is C25H25NO3S. The quantitative estimate of drug-likeness (QED) is 0.469. The van der Waals surface area contributed by atoms with Crippen LogP contribution in [0.4, 0.5) is 5.69 Å². The first kappa shape index (κ1) is 21.5. The van der Waals surface area contributed by atoms with Gasteiger partial charge in [-0.3, -0.25) is 0 Å². The van der Waals surface area contributed by atoms with Crippen molar-refractivity contribution in [3.05, 3.63) is 108 Å². The molecule has 0 amide bonds. The molecule has 3 aromatic carbocycles. The van der Waals surface area contributed by atoms with Crippen LogP contribution in [0.5, 0.6) is 0 Å². The number of anilines is 1. The molecule has 0 aliphatic rings. The summed E-state index contributed by atoms with van der Waals surface area (Å²) >= 11 is 0. The summed E-state index contributed by atoms with van der Waals surface area (Å²) in [7, 11) is -3.80. The molecule has 3 aromatic rings. The number of para-hydroxylation sites is 1. The third-order valence-corrected chi connectivity index (χ3v) is 6.78. The Balaban J connectivity index is 1.96. The van der Waals surface area contributed by atoms with Crippen molar-refractivity contribution in [2.24, 2.45) is 0 Å². The average molecular weight is 420 g/mol. The summed E-state index contributed by atoms with van der Waals surface area (Å²) in [4.78, 5) is 12.1. The minimum absolute atomic E-state index is 0.211. The lowest BCUT2D eigenvalue weighted by Gasteiger charge is -2.24. The van der Waals surface area contributed by atoms with Gasteiger partial charge < -0.3 is 4.79 Å². The lowest BCUT2D eigenvalue weighted by Crippen LogP contribution is -2.27. The smallest absolute Gasteiger partial charge is 0.268 e. The second-order valence-corrected chi connectivity index (χ2v) is 9.25. The van der Waals surface area contributed by atoms with Crippen LogP contribution < -0.4 is 4.31 Å². The molecule has 0 heterocycles. The van der Waals surface area contributed by atoms with E-state index in [4.69, 9.17) is 0 Å². The van der Waals surface area contributed by atoms with Gasteiger partial charge in [-0.15, -0.1) is 0 Å². The van der Waals surface area contributed by atoms with E-state index in [1.165, 1.54) is 10.5 Å². The van der Waals surface area contributed by atoms with E-state index in [1.54, 1.807) is 54.6 Å². The van der Waals surface area contributed by atoms with Crippen molar-refractivity contribution in [2.75, 3.05) is 4.31 Å². The molecular weight excluding hydrogens is 394 g/mol. The fraction of sp³-hybridized carbons (Fsp3) is 0.160. The molecule has 0 aromatic heterocycles. The molecule has 1 atom stereocenters. The summed E-state index contributed by atoms with van der Waals surface area (Å²) in [5, 5.41) is 0. The largest absolute Gasteiger partial charge is 0.302 e. The van der Waals surface area contributed by atoms with Crippen molar-refractivity contribution < 1.29 is 13.2 Å². The number of hydrogen-bond donors (Lipinski definition) is 0. The van der Waals surface area contributed by atoms with Crippen LogP contribution in [-0.4, -0.2) is 14.7 Å². The second-order valence-electron chi connectivity index (χ2n) is 7.44. The van der Waals surface area contributed by atoms with Gasteiger partial charge in [-0.1, -0.05) is 72.3 Å². The van der Waals surface area contributed by atoms with Crippen LogP contribution in [0.25, 0.3) is 0 Å². The number of aldehydes is 1. The van der Waals surface area contributed by atoms with E-state index < -0.39 is 15.4 Å². The first-order valence-electron chi connectivity index (χ1n) is 9.71. The lowest BCUT2D eigenvalue weighted by atomic mass is 9.81. The second kappa shape index (κ2) is 9.09. The van der Waals surface area contributed by atoms with Crippen molar-refractivity contribution in [3.8, 4) is 0 Å². The van der Waals surface area contributed by atoms with Crippen molar-refractivity contribution >= 4 is 22.0 Å². The summed E-state index contributed by atoms with van der Waals surface area (Å²) in [5.74, 6) is 0. The highest BCUT2D eigenvalue weighted by atomic mass is 32.2. The normalized spacial score (nSPS) is 13.7. The van der Waals surface area contributed by atoms with Crippen molar-refractivity contribution in [3.63, 3.8) is 0 Å². The van der Waals surface area contributed by atoms with Gasteiger partial charge in [0.1, 0.15) is 6.29 Å². The maximum atomic E-state index is 13.3. The van der Waals surface area contributed by atoms with Crippen LogP contribution in [0.3, 0.4) is 0 Å². The highest BCUT2D eigenvalue weighted by Gasteiger charge is 2.26. The zero-order chi connectivity index (χ0) is 21.6. The number of aryl methyl sites for hydroxylation is 1. The van der Waals surface area contributed by atoms with Gasteiger partial charge in [0.05, 0.1) is 16.0 Å². The van der Waals surface area contributed by atoms with Gasteiger partial charge in [-0.2, -0.15) is 0 Å². The molecule has 5 heteroatoms. The number of allylic oxidation sites excluding steroid dienone is 1. The van der Waals surface area contributed by atoms with Crippen LogP contribution in [0.2, 0.25) is 0 Å². The number of carbonyl (C=O) groups excluding carboxylic acids is 1. The van der Waals surface area contributed by atoms with E-state index in [9.17, 15) is 13.2 Å². The molecule has 0 aliphatic carbocycles. The minimum Gasteiger partial charge on any atom is -0.302 e. The van der Waals surface area contributed by atoms with Gasteiger partial charge in [0, 0.05) is 6.20 Å². The Labute approximate surface area is 178 Å². The molecule has 0 N–H and O–H groups in total. The van der Waals surface area contributed by atoms with Gasteiger partial charge in [0.2, 0.25) is 0 Å². The molecule has 0 fully saturated rings. The monoisotopic (exact) mass is 419 g/mol. The molecule has 0 radical (unpaired) electrons. The Morgan fingerprint density at radius 1 is 0.867 bits per heavy atom. The summed E-state index contributed by atoms with van der Waals surface area (Å²) < 4.78 is 27.9. The van der Waals surface area contributed by atoms with Crippen LogP contribution in [-0.2, 0) is 20.2 Å². The van der Waals surface area contributed by atoms with Gasteiger partial charge in [-0.05, 0) is 50.1 Å². The van der Waals surface area contributed by atoms with Crippen molar-refractivity contribution in [2.45, 2.75) is 30.6 Å². The number of sulfonamides is 1. The molecule has 0 aliphatic heterocycles. The molecule has 0 bridgehead atoms. The maximum Gasteiger partial charge on any atom is 0.268 e. The zero-order valence-corrected chi connectivity index (χ0v) is 17.9. The number of rotatable bonds is 8. The minimum atomic E-state index is -3.80. The molecule has 30 heavy (non-hydrogen) atoms. The zero-order valence-electron chi connectivity index (χ0n) is 17.1. The van der Waals surface area contributed by atoms with Crippen molar-refractivity contribution in [1.29, 1.82) is 0 Å². The Morgan fingerprint density at radius 3 is 2.00 bits per heavy atom. The fourth-order valence-corrected chi connectivity index (χ4v) is 4.50. The summed E-state index contributed by atoms with van der Waals surface area (Å²) in [5.41, 5.74) is 1.66. The molecule has 154 valence electrons. The topological polar surface area (TPSA) is 54.5 Å². The third kappa shape index (κ3) is 4.69. The van der Waals surface area contributed by atoms with Gasteiger partial charge in [0.25, 0.3) is 10.0 Å². The highest BCUT2D eigenvalue weighted by molar-refractivity contribution is 7.93. The van der Waals surface area contributed by atoms with E-state index in [0.29, 0.717) is 12.1 Å². The van der Waals surface area contributed by atoms with Crippen LogP contribution >= 0.6 is 0 Å². The maximum absolute atomic E-state index is 13.3. The van der Waals surface area contributed by atoms with Crippen LogP contribution in [0, 0.1) is 6.92 Å². The predicted molar refractivity (Wildman–Crippen MR) is 121 cm³/mol. The Bertz CT molecular complexity index is 1110. The predicted octanol–water partition coefficient (Wildman–Crippen LogP) is 5.25. The molecule has 1 unspecified atom stereocenters. The summed E-state index contributed by atoms with van der Waals surface area (Å²) in [6.45, 7) is 3.76. The Morgan fingerprint density at radius 2 is 1.43 bits per heavy atom. The van der Waals surface area contributed by atoms with E-state index in [0.717, 1.165) is 17.4 Å². The standard InChI is InChI=1S/C25H25NO3S/c1-21-14-16-24(17-15-21)30(28,29)26(23-12-7-4-8-13-23)19-9-18-25(2,20-27)22-10-5-3-6-11-22/h3-17,19-20H,18H2,1-2H3/b19-9+. The number of nitrogens with zero attached hydrogens (tertiary/aromatic N) is 1. The molecule has 0 spiro atoms. The van der Waals surface area contributed by atoms with Crippen LogP contribution in [0.1, 0.15) is 24.5 Å². The SMILES string of the molecule is Cc1ccc(S(=O)(=O)N(/C=C/CC(C)(C=O)c2ccccc2)c2ccccc2)cc1. The first-order valence-corrected chi connectivity index (χ1v) is 11.2.